The molecule has 1 saturated carbocycles. The maximum Gasteiger partial charge on any atom is 0.142 e. The van der Waals surface area contributed by atoms with E-state index in [9.17, 15) is 0 Å². The minimum atomic E-state index is 0.565. The van der Waals surface area contributed by atoms with Crippen molar-refractivity contribution >= 4 is 15.9 Å². The smallest absolute Gasteiger partial charge is 0.142 e. The minimum Gasteiger partial charge on any atom is -0.287 e. The third-order valence-corrected chi connectivity index (χ3v) is 4.32. The van der Waals surface area contributed by atoms with Crippen molar-refractivity contribution in [1.29, 1.82) is 0 Å². The molecule has 0 unspecified atom stereocenters. The molecule has 0 aromatic carbocycles. The van der Waals surface area contributed by atoms with E-state index in [2.05, 4.69) is 30.5 Å². The fourth-order valence-electron chi connectivity index (χ4n) is 2.74. The van der Waals surface area contributed by atoms with E-state index in [1.807, 2.05) is 12.4 Å². The van der Waals surface area contributed by atoms with E-state index in [0.717, 1.165) is 29.1 Å². The van der Waals surface area contributed by atoms with Crippen LogP contribution in [-0.2, 0) is 12.8 Å². The molecule has 2 aliphatic carbocycles. The standard InChI is InChI=1S/C14H15BrN4/c15-12-7-13(18-14(17-12)9-5-6-9)19-8-16-10-3-1-2-4-11(10)19/h7-9H,1-6H2. The van der Waals surface area contributed by atoms with Crippen molar-refractivity contribution in [2.75, 3.05) is 0 Å². The first-order valence-electron chi connectivity index (χ1n) is 6.91. The first kappa shape index (κ1) is 11.6. The van der Waals surface area contributed by atoms with Crippen molar-refractivity contribution in [3.8, 4) is 5.82 Å². The molecule has 0 bridgehead atoms. The van der Waals surface area contributed by atoms with Crippen molar-refractivity contribution in [1.82, 2.24) is 19.5 Å². The van der Waals surface area contributed by atoms with Crippen molar-refractivity contribution in [2.24, 2.45) is 0 Å². The molecule has 1 fully saturated rings. The number of hydrogen-bond donors (Lipinski definition) is 0. The molecule has 2 aliphatic rings. The SMILES string of the molecule is Brc1cc(-n2cnc3c2CCCC3)nc(C2CC2)n1. The number of fused-ring (bicyclic) bond motifs is 1. The zero-order valence-electron chi connectivity index (χ0n) is 10.6. The lowest BCUT2D eigenvalue weighted by molar-refractivity contribution is 0.653. The number of rotatable bonds is 2. The van der Waals surface area contributed by atoms with Crippen LogP contribution in [0.15, 0.2) is 17.0 Å². The Balaban J connectivity index is 1.81. The highest BCUT2D eigenvalue weighted by atomic mass is 79.9. The first-order valence-corrected chi connectivity index (χ1v) is 7.70. The Hall–Kier alpha value is -1.23. The fourth-order valence-corrected chi connectivity index (χ4v) is 3.12. The molecule has 98 valence electrons. The largest absolute Gasteiger partial charge is 0.287 e. The molecule has 19 heavy (non-hydrogen) atoms. The Morgan fingerprint density at radius 3 is 2.84 bits per heavy atom. The third kappa shape index (κ3) is 2.10. The molecule has 2 aromatic heterocycles. The average molecular weight is 319 g/mol. The molecule has 0 radical (unpaired) electrons. The van der Waals surface area contributed by atoms with Gasteiger partial charge in [0.2, 0.25) is 0 Å². The van der Waals surface area contributed by atoms with Crippen LogP contribution in [0.2, 0.25) is 0 Å². The molecule has 0 N–H and O–H groups in total. The highest BCUT2D eigenvalue weighted by Gasteiger charge is 2.27. The van der Waals surface area contributed by atoms with Crippen LogP contribution < -0.4 is 0 Å². The van der Waals surface area contributed by atoms with E-state index >= 15 is 0 Å². The second kappa shape index (κ2) is 4.40. The van der Waals surface area contributed by atoms with Crippen LogP contribution in [0, 0.1) is 0 Å². The van der Waals surface area contributed by atoms with Gasteiger partial charge in [-0.3, -0.25) is 4.57 Å². The van der Waals surface area contributed by atoms with E-state index in [1.54, 1.807) is 0 Å². The Kier molecular flexibility index (Phi) is 2.69. The number of aryl methyl sites for hydroxylation is 1. The van der Waals surface area contributed by atoms with E-state index in [0.29, 0.717) is 5.92 Å². The van der Waals surface area contributed by atoms with Crippen LogP contribution in [0.1, 0.15) is 48.8 Å². The normalized spacial score (nSPS) is 18.4. The molecule has 2 aromatic rings. The minimum absolute atomic E-state index is 0.565. The van der Waals surface area contributed by atoms with Crippen molar-refractivity contribution in [2.45, 2.75) is 44.4 Å². The molecule has 0 aliphatic heterocycles. The van der Waals surface area contributed by atoms with E-state index < -0.39 is 0 Å². The summed E-state index contributed by atoms with van der Waals surface area (Å²) in [6.45, 7) is 0. The Morgan fingerprint density at radius 2 is 2.00 bits per heavy atom. The predicted octanol–water partition coefficient (Wildman–Crippen LogP) is 3.18. The zero-order chi connectivity index (χ0) is 12.8. The van der Waals surface area contributed by atoms with Crippen LogP contribution in [0.4, 0.5) is 0 Å². The highest BCUT2D eigenvalue weighted by molar-refractivity contribution is 9.10. The van der Waals surface area contributed by atoms with Gasteiger partial charge in [-0.1, -0.05) is 0 Å². The van der Waals surface area contributed by atoms with Crippen LogP contribution in [-0.4, -0.2) is 19.5 Å². The topological polar surface area (TPSA) is 43.6 Å². The molecule has 5 heteroatoms. The lowest BCUT2D eigenvalue weighted by Crippen LogP contribution is -2.09. The monoisotopic (exact) mass is 318 g/mol. The molecule has 0 atom stereocenters. The highest BCUT2D eigenvalue weighted by Crippen LogP contribution is 2.38. The lowest BCUT2D eigenvalue weighted by atomic mass is 10.0. The van der Waals surface area contributed by atoms with Gasteiger partial charge in [0.05, 0.1) is 5.69 Å². The van der Waals surface area contributed by atoms with Crippen LogP contribution >= 0.6 is 15.9 Å². The Labute approximate surface area is 120 Å². The lowest BCUT2D eigenvalue weighted by Gasteiger charge is -2.14. The number of hydrogen-bond acceptors (Lipinski definition) is 3. The number of nitrogens with zero attached hydrogens (tertiary/aromatic N) is 4. The van der Waals surface area contributed by atoms with Crippen LogP contribution in [0.25, 0.3) is 5.82 Å². The third-order valence-electron chi connectivity index (χ3n) is 3.92. The molecule has 2 heterocycles. The molecular formula is C14H15BrN4. The van der Waals surface area contributed by atoms with Gasteiger partial charge in [-0.2, -0.15) is 0 Å². The fraction of sp³-hybridized carbons (Fsp3) is 0.500. The van der Waals surface area contributed by atoms with Gasteiger partial charge in [-0.15, -0.1) is 0 Å². The van der Waals surface area contributed by atoms with E-state index in [4.69, 9.17) is 4.98 Å². The molecule has 4 rings (SSSR count). The zero-order valence-corrected chi connectivity index (χ0v) is 12.2. The molecule has 0 spiro atoms. The van der Waals surface area contributed by atoms with Gasteiger partial charge in [0.1, 0.15) is 22.6 Å². The van der Waals surface area contributed by atoms with Gasteiger partial charge in [0, 0.05) is 17.7 Å². The van der Waals surface area contributed by atoms with Crippen LogP contribution in [0.3, 0.4) is 0 Å². The number of halogens is 1. The molecule has 0 amide bonds. The molecule has 4 nitrogen and oxygen atoms in total. The summed E-state index contributed by atoms with van der Waals surface area (Å²) in [5.41, 5.74) is 2.58. The van der Waals surface area contributed by atoms with Crippen molar-refractivity contribution < 1.29 is 0 Å². The summed E-state index contributed by atoms with van der Waals surface area (Å²) in [6.07, 6.45) is 9.07. The van der Waals surface area contributed by atoms with Gasteiger partial charge < -0.3 is 0 Å². The summed E-state index contributed by atoms with van der Waals surface area (Å²) in [5, 5.41) is 0. The molecular weight excluding hydrogens is 304 g/mol. The number of aromatic nitrogens is 4. The summed E-state index contributed by atoms with van der Waals surface area (Å²) >= 11 is 3.51. The van der Waals surface area contributed by atoms with E-state index in [1.165, 1.54) is 37.1 Å². The summed E-state index contributed by atoms with van der Waals surface area (Å²) in [4.78, 5) is 13.8. The van der Waals surface area contributed by atoms with Crippen molar-refractivity contribution in [3.63, 3.8) is 0 Å². The number of imidazole rings is 1. The maximum atomic E-state index is 4.73. The predicted molar refractivity (Wildman–Crippen MR) is 75.5 cm³/mol. The summed E-state index contributed by atoms with van der Waals surface area (Å²) in [5.74, 6) is 2.50. The second-order valence-corrected chi connectivity index (χ2v) is 6.21. The first-order chi connectivity index (χ1) is 9.31. The van der Waals surface area contributed by atoms with Crippen LogP contribution in [0.5, 0.6) is 0 Å². The van der Waals surface area contributed by atoms with Gasteiger partial charge >= 0.3 is 0 Å². The average Bonchev–Trinajstić information content (AvgIpc) is 3.18. The van der Waals surface area contributed by atoms with E-state index in [-0.39, 0.29) is 0 Å². The maximum absolute atomic E-state index is 4.73. The molecule has 0 saturated heterocycles. The summed E-state index contributed by atoms with van der Waals surface area (Å²) in [7, 11) is 0. The van der Waals surface area contributed by atoms with Gasteiger partial charge in [-0.25, -0.2) is 15.0 Å². The second-order valence-electron chi connectivity index (χ2n) is 5.40. The van der Waals surface area contributed by atoms with Gasteiger partial charge in [-0.05, 0) is 54.5 Å². The Bertz CT molecular complexity index is 630. The summed E-state index contributed by atoms with van der Waals surface area (Å²) in [6, 6.07) is 1.99. The Morgan fingerprint density at radius 1 is 1.16 bits per heavy atom. The van der Waals surface area contributed by atoms with Crippen molar-refractivity contribution in [3.05, 3.63) is 34.2 Å². The quantitative estimate of drug-likeness (QED) is 0.799. The van der Waals surface area contributed by atoms with Gasteiger partial charge in [0.25, 0.3) is 0 Å². The summed E-state index contributed by atoms with van der Waals surface area (Å²) < 4.78 is 3.02. The van der Waals surface area contributed by atoms with Gasteiger partial charge in [0.15, 0.2) is 0 Å².